The zero-order chi connectivity index (χ0) is 11.8. The van der Waals surface area contributed by atoms with Gasteiger partial charge in [-0.3, -0.25) is 0 Å². The summed E-state index contributed by atoms with van der Waals surface area (Å²) in [5.41, 5.74) is 4.43. The number of aliphatic hydroxyl groups excluding tert-OH is 1. The summed E-state index contributed by atoms with van der Waals surface area (Å²) in [5.74, 6) is -1.23. The summed E-state index contributed by atoms with van der Waals surface area (Å²) in [6.07, 6.45) is -2.74. The number of aliphatic hydroxyl groups is 1. The summed E-state index contributed by atoms with van der Waals surface area (Å²) >= 11 is 0. The number of carbonyl (C=O) groups is 2. The van der Waals surface area contributed by atoms with Gasteiger partial charge in [0.05, 0.1) is 0 Å². The normalized spacial score (nSPS) is 10.7. The number of amides is 1. The van der Waals surface area contributed by atoms with Crippen molar-refractivity contribution in [3.05, 3.63) is 35.9 Å². The Hall–Kier alpha value is -2.08. The molecule has 0 bridgehead atoms. The van der Waals surface area contributed by atoms with E-state index in [-0.39, 0.29) is 0 Å². The van der Waals surface area contributed by atoms with Crippen LogP contribution in [0.2, 0.25) is 0 Å². The minimum Gasteiger partial charge on any atom is -0.479 e. The first-order valence-electron chi connectivity index (χ1n) is 3.89. The van der Waals surface area contributed by atoms with Gasteiger partial charge < -0.3 is 21.1 Å². The number of rotatable bonds is 2. The highest BCUT2D eigenvalue weighted by molar-refractivity contribution is 5.73. The zero-order valence-electron chi connectivity index (χ0n) is 7.70. The van der Waals surface area contributed by atoms with Gasteiger partial charge in [0.1, 0.15) is 0 Å². The van der Waals surface area contributed by atoms with Crippen LogP contribution in [0.1, 0.15) is 11.7 Å². The molecule has 0 unspecified atom stereocenters. The van der Waals surface area contributed by atoms with Crippen molar-refractivity contribution in [1.82, 2.24) is 0 Å². The van der Waals surface area contributed by atoms with Gasteiger partial charge in [-0.15, -0.1) is 0 Å². The van der Waals surface area contributed by atoms with Gasteiger partial charge in [0, 0.05) is 0 Å². The molecule has 0 saturated heterocycles. The fourth-order valence-electron chi connectivity index (χ4n) is 0.778. The van der Waals surface area contributed by atoms with E-state index in [9.17, 15) is 4.79 Å². The van der Waals surface area contributed by atoms with Gasteiger partial charge in [-0.2, -0.15) is 0 Å². The van der Waals surface area contributed by atoms with Crippen molar-refractivity contribution >= 4 is 12.1 Å². The van der Waals surface area contributed by atoms with E-state index in [1.54, 1.807) is 30.3 Å². The second kappa shape index (κ2) is 6.39. The van der Waals surface area contributed by atoms with Gasteiger partial charge in [0.15, 0.2) is 6.10 Å². The van der Waals surface area contributed by atoms with Crippen LogP contribution >= 0.6 is 0 Å². The quantitative estimate of drug-likeness (QED) is 0.567. The molecule has 0 fully saturated rings. The van der Waals surface area contributed by atoms with E-state index in [0.717, 1.165) is 0 Å². The molecule has 1 aromatic carbocycles. The molecule has 1 rings (SSSR count). The molecule has 0 heterocycles. The number of hydrogen-bond acceptors (Lipinski definition) is 3. The molecule has 6 nitrogen and oxygen atoms in total. The van der Waals surface area contributed by atoms with E-state index < -0.39 is 18.2 Å². The number of nitrogens with two attached hydrogens (primary N) is 1. The first-order valence-corrected chi connectivity index (χ1v) is 3.89. The van der Waals surface area contributed by atoms with Gasteiger partial charge in [0.2, 0.25) is 0 Å². The Bertz CT molecular complexity index is 321. The number of aliphatic carboxylic acids is 1. The minimum absolute atomic E-state index is 0.403. The molecule has 5 N–H and O–H groups in total. The van der Waals surface area contributed by atoms with Crippen LogP contribution in [0.15, 0.2) is 30.3 Å². The Morgan fingerprint density at radius 1 is 1.13 bits per heavy atom. The molecule has 0 aliphatic rings. The van der Waals surface area contributed by atoms with E-state index >= 15 is 0 Å². The van der Waals surface area contributed by atoms with Crippen LogP contribution in [0.5, 0.6) is 0 Å². The predicted octanol–water partition coefficient (Wildman–Crippen LogP) is 0.428. The van der Waals surface area contributed by atoms with Crippen LogP contribution in [0, 0.1) is 0 Å². The van der Waals surface area contributed by atoms with E-state index in [0.29, 0.717) is 5.56 Å². The minimum atomic E-state index is -1.41. The van der Waals surface area contributed by atoms with E-state index in [1.807, 2.05) is 0 Å². The lowest BCUT2D eigenvalue weighted by atomic mass is 10.1. The largest absolute Gasteiger partial charge is 0.479 e. The van der Waals surface area contributed by atoms with Gasteiger partial charge in [-0.1, -0.05) is 30.3 Å². The molecular formula is C9H11NO5. The predicted molar refractivity (Wildman–Crippen MR) is 51.2 cm³/mol. The van der Waals surface area contributed by atoms with Gasteiger partial charge in [-0.05, 0) is 5.56 Å². The van der Waals surface area contributed by atoms with Crippen LogP contribution in [-0.4, -0.2) is 27.4 Å². The van der Waals surface area contributed by atoms with Crippen LogP contribution in [0.25, 0.3) is 0 Å². The maximum atomic E-state index is 10.2. The molecule has 82 valence electrons. The van der Waals surface area contributed by atoms with Crippen molar-refractivity contribution < 1.29 is 24.9 Å². The third-order valence-electron chi connectivity index (χ3n) is 1.35. The lowest BCUT2D eigenvalue weighted by Gasteiger charge is -2.03. The maximum Gasteiger partial charge on any atom is 0.402 e. The highest BCUT2D eigenvalue weighted by Crippen LogP contribution is 2.10. The molecule has 0 spiro atoms. The topological polar surface area (TPSA) is 121 Å². The Morgan fingerprint density at radius 2 is 1.53 bits per heavy atom. The molecule has 1 atom stereocenters. The summed E-state index contributed by atoms with van der Waals surface area (Å²) in [6.45, 7) is 0. The van der Waals surface area contributed by atoms with Crippen molar-refractivity contribution in [3.8, 4) is 0 Å². The third kappa shape index (κ3) is 6.05. The highest BCUT2D eigenvalue weighted by atomic mass is 16.4. The summed E-state index contributed by atoms with van der Waals surface area (Å²) < 4.78 is 0. The number of hydrogen-bond donors (Lipinski definition) is 4. The number of carboxylic acids is 1. The lowest BCUT2D eigenvalue weighted by Crippen LogP contribution is -2.09. The first kappa shape index (κ1) is 12.9. The monoisotopic (exact) mass is 213 g/mol. The maximum absolute atomic E-state index is 10.2. The molecule has 0 aromatic heterocycles. The van der Waals surface area contributed by atoms with Crippen LogP contribution in [0.4, 0.5) is 4.79 Å². The fraction of sp³-hybridized carbons (Fsp3) is 0.111. The molecule has 0 aliphatic heterocycles. The Kier molecular flexibility index (Phi) is 5.50. The van der Waals surface area contributed by atoms with Crippen molar-refractivity contribution in [3.63, 3.8) is 0 Å². The van der Waals surface area contributed by atoms with Crippen LogP contribution in [-0.2, 0) is 4.79 Å². The second-order valence-corrected chi connectivity index (χ2v) is 2.49. The molecule has 1 amide bonds. The lowest BCUT2D eigenvalue weighted by molar-refractivity contribution is -0.146. The fourth-order valence-corrected chi connectivity index (χ4v) is 0.778. The highest BCUT2D eigenvalue weighted by Gasteiger charge is 2.14. The third-order valence-corrected chi connectivity index (χ3v) is 1.35. The molecular weight excluding hydrogens is 202 g/mol. The zero-order valence-corrected chi connectivity index (χ0v) is 7.70. The number of primary amides is 1. The standard InChI is InChI=1S/C8H8O3.CH3NO2/c9-7(8(10)11)6-4-2-1-3-5-6;2-1(3)4/h1-5,7,9H,(H,10,11);2H2,(H,3,4)/t7-;/m1./s1. The number of benzene rings is 1. The second-order valence-electron chi connectivity index (χ2n) is 2.49. The van der Waals surface area contributed by atoms with Crippen LogP contribution < -0.4 is 5.73 Å². The van der Waals surface area contributed by atoms with Crippen molar-refractivity contribution in [2.75, 3.05) is 0 Å². The molecule has 1 aromatic rings. The van der Waals surface area contributed by atoms with Gasteiger partial charge in [-0.25, -0.2) is 9.59 Å². The van der Waals surface area contributed by atoms with Crippen molar-refractivity contribution in [1.29, 1.82) is 0 Å². The van der Waals surface area contributed by atoms with Gasteiger partial charge in [0.25, 0.3) is 0 Å². The van der Waals surface area contributed by atoms with E-state index in [1.165, 1.54) is 0 Å². The molecule has 0 radical (unpaired) electrons. The summed E-state index contributed by atoms with van der Waals surface area (Å²) in [4.78, 5) is 19.0. The SMILES string of the molecule is NC(=O)O.O=C(O)[C@H](O)c1ccccc1. The smallest absolute Gasteiger partial charge is 0.402 e. The van der Waals surface area contributed by atoms with Crippen LogP contribution in [0.3, 0.4) is 0 Å². The average molecular weight is 213 g/mol. The summed E-state index contributed by atoms with van der Waals surface area (Å²) in [6, 6.07) is 8.26. The molecule has 0 aliphatic carbocycles. The molecule has 0 saturated carbocycles. The van der Waals surface area contributed by atoms with E-state index in [4.69, 9.17) is 20.1 Å². The molecule has 15 heavy (non-hydrogen) atoms. The summed E-state index contributed by atoms with van der Waals surface area (Å²) in [5, 5.41) is 24.6. The van der Waals surface area contributed by atoms with Crippen molar-refractivity contribution in [2.45, 2.75) is 6.10 Å². The Morgan fingerprint density at radius 3 is 1.87 bits per heavy atom. The molecule has 6 heteroatoms. The number of carboxylic acid groups (broad SMARTS) is 2. The average Bonchev–Trinajstić information content (AvgIpc) is 2.17. The Labute approximate surface area is 85.6 Å². The van der Waals surface area contributed by atoms with Gasteiger partial charge >= 0.3 is 12.1 Å². The summed E-state index contributed by atoms with van der Waals surface area (Å²) in [7, 11) is 0. The van der Waals surface area contributed by atoms with E-state index in [2.05, 4.69) is 5.73 Å². The Balaban J connectivity index is 0.000000423. The van der Waals surface area contributed by atoms with Crippen molar-refractivity contribution in [2.24, 2.45) is 5.73 Å². The first-order chi connectivity index (χ1) is 6.95.